The van der Waals surface area contributed by atoms with Crippen molar-refractivity contribution < 1.29 is 19.1 Å². The van der Waals surface area contributed by atoms with E-state index >= 15 is 0 Å². The van der Waals surface area contributed by atoms with Crippen LogP contribution in [-0.2, 0) is 9.53 Å². The Morgan fingerprint density at radius 3 is 2.61 bits per heavy atom. The summed E-state index contributed by atoms with van der Waals surface area (Å²) in [7, 11) is 1.35. The fraction of sp³-hybridized carbons (Fsp3) is 0.364. The van der Waals surface area contributed by atoms with Gasteiger partial charge in [0.25, 0.3) is 5.91 Å². The van der Waals surface area contributed by atoms with E-state index in [0.717, 1.165) is 25.9 Å². The molecule has 0 atom stereocenters. The molecule has 2 aliphatic heterocycles. The van der Waals surface area contributed by atoms with Gasteiger partial charge in [-0.1, -0.05) is 18.2 Å². The highest BCUT2D eigenvalue weighted by atomic mass is 16.5. The van der Waals surface area contributed by atoms with E-state index in [1.165, 1.54) is 12.8 Å². The molecule has 0 spiro atoms. The summed E-state index contributed by atoms with van der Waals surface area (Å²) in [5.41, 5.74) is 2.32. The molecule has 6 nitrogen and oxygen atoms in total. The fourth-order valence-electron chi connectivity index (χ4n) is 3.92. The monoisotopic (exact) mass is 380 g/mol. The van der Waals surface area contributed by atoms with Gasteiger partial charge in [0.1, 0.15) is 5.75 Å². The maximum atomic E-state index is 12.5. The first-order chi connectivity index (χ1) is 13.7. The van der Waals surface area contributed by atoms with Gasteiger partial charge in [-0.15, -0.1) is 0 Å². The van der Waals surface area contributed by atoms with Gasteiger partial charge in [0, 0.05) is 25.3 Å². The molecular weight excluding hydrogens is 356 g/mol. The summed E-state index contributed by atoms with van der Waals surface area (Å²) in [6, 6.07) is 15.5. The first-order valence-electron chi connectivity index (χ1n) is 9.61. The standard InChI is InChI=1S/C22H24N2O4/c1-27-22(26)17-7-8-20-19(13-17)24(21(25)15-28-20)14-16-9-11-23(12-10-16)18-5-3-2-4-6-18/h2-8,13,16H,9-12,14-15H2,1H3. The van der Waals surface area contributed by atoms with E-state index in [1.54, 1.807) is 23.1 Å². The summed E-state index contributed by atoms with van der Waals surface area (Å²) < 4.78 is 10.4. The van der Waals surface area contributed by atoms with E-state index in [9.17, 15) is 9.59 Å². The average Bonchev–Trinajstić information content (AvgIpc) is 2.76. The number of fused-ring (bicyclic) bond motifs is 1. The van der Waals surface area contributed by atoms with Gasteiger partial charge >= 0.3 is 5.97 Å². The number of amides is 1. The van der Waals surface area contributed by atoms with Crippen LogP contribution in [-0.4, -0.2) is 45.2 Å². The number of anilines is 2. The van der Waals surface area contributed by atoms with Gasteiger partial charge in [0.2, 0.25) is 0 Å². The molecule has 1 fully saturated rings. The van der Waals surface area contributed by atoms with Gasteiger partial charge < -0.3 is 19.3 Å². The molecule has 28 heavy (non-hydrogen) atoms. The number of nitrogens with zero attached hydrogens (tertiary/aromatic N) is 2. The zero-order chi connectivity index (χ0) is 19.5. The molecule has 4 rings (SSSR count). The van der Waals surface area contributed by atoms with Crippen LogP contribution in [0.2, 0.25) is 0 Å². The van der Waals surface area contributed by atoms with Gasteiger partial charge in [-0.05, 0) is 49.1 Å². The third-order valence-corrected chi connectivity index (χ3v) is 5.50. The van der Waals surface area contributed by atoms with Crippen molar-refractivity contribution in [3.8, 4) is 5.75 Å². The number of para-hydroxylation sites is 1. The maximum Gasteiger partial charge on any atom is 0.337 e. The molecule has 2 aromatic carbocycles. The lowest BCUT2D eigenvalue weighted by molar-refractivity contribution is -0.121. The van der Waals surface area contributed by atoms with E-state index < -0.39 is 5.97 Å². The number of hydrogen-bond acceptors (Lipinski definition) is 5. The molecule has 2 heterocycles. The molecule has 6 heteroatoms. The number of carbonyl (C=O) groups excluding carboxylic acids is 2. The Bertz CT molecular complexity index is 860. The average molecular weight is 380 g/mol. The first kappa shape index (κ1) is 18.3. The van der Waals surface area contributed by atoms with Crippen LogP contribution in [0.4, 0.5) is 11.4 Å². The lowest BCUT2D eigenvalue weighted by Crippen LogP contribution is -2.44. The number of esters is 1. The SMILES string of the molecule is COC(=O)c1ccc2c(c1)N(CC1CCN(c3ccccc3)CC1)C(=O)CO2. The zero-order valence-electron chi connectivity index (χ0n) is 16.0. The molecule has 2 aromatic rings. The molecule has 0 saturated carbocycles. The number of methoxy groups -OCH3 is 1. The summed E-state index contributed by atoms with van der Waals surface area (Å²) in [6.45, 7) is 2.63. The second kappa shape index (κ2) is 7.92. The number of piperidine rings is 1. The Hall–Kier alpha value is -3.02. The van der Waals surface area contributed by atoms with Gasteiger partial charge in [0.15, 0.2) is 6.61 Å². The number of benzene rings is 2. The van der Waals surface area contributed by atoms with E-state index in [2.05, 4.69) is 29.2 Å². The second-order valence-electron chi connectivity index (χ2n) is 7.23. The third-order valence-electron chi connectivity index (χ3n) is 5.50. The van der Waals surface area contributed by atoms with Crippen molar-refractivity contribution in [1.82, 2.24) is 0 Å². The summed E-state index contributed by atoms with van der Waals surface area (Å²) in [5, 5.41) is 0. The normalized spacial score (nSPS) is 17.1. The number of ether oxygens (including phenoxy) is 2. The first-order valence-corrected chi connectivity index (χ1v) is 9.61. The fourth-order valence-corrected chi connectivity index (χ4v) is 3.92. The van der Waals surface area contributed by atoms with Crippen LogP contribution in [0.1, 0.15) is 23.2 Å². The van der Waals surface area contributed by atoms with Gasteiger partial charge in [0.05, 0.1) is 18.4 Å². The molecule has 0 unspecified atom stereocenters. The van der Waals surface area contributed by atoms with Crippen molar-refractivity contribution in [2.24, 2.45) is 5.92 Å². The molecule has 2 aliphatic rings. The minimum atomic E-state index is -0.419. The lowest BCUT2D eigenvalue weighted by Gasteiger charge is -2.37. The largest absolute Gasteiger partial charge is 0.482 e. The van der Waals surface area contributed by atoms with Crippen LogP contribution in [0, 0.1) is 5.92 Å². The van der Waals surface area contributed by atoms with Gasteiger partial charge in [-0.3, -0.25) is 4.79 Å². The van der Waals surface area contributed by atoms with Crippen molar-refractivity contribution >= 4 is 23.3 Å². The van der Waals surface area contributed by atoms with Crippen LogP contribution in [0.15, 0.2) is 48.5 Å². The Morgan fingerprint density at radius 2 is 1.89 bits per heavy atom. The molecule has 1 amide bonds. The lowest BCUT2D eigenvalue weighted by atomic mass is 9.95. The van der Waals surface area contributed by atoms with Gasteiger partial charge in [-0.2, -0.15) is 0 Å². The highest BCUT2D eigenvalue weighted by molar-refractivity contribution is 6.00. The van der Waals surface area contributed by atoms with Crippen LogP contribution >= 0.6 is 0 Å². The number of carbonyl (C=O) groups is 2. The Kier molecular flexibility index (Phi) is 5.19. The molecule has 0 aromatic heterocycles. The topological polar surface area (TPSA) is 59.1 Å². The van der Waals surface area contributed by atoms with Crippen LogP contribution < -0.4 is 14.5 Å². The maximum absolute atomic E-state index is 12.5. The molecule has 0 aliphatic carbocycles. The summed E-state index contributed by atoms with van der Waals surface area (Å²) >= 11 is 0. The Labute approximate surface area is 164 Å². The van der Waals surface area contributed by atoms with E-state index in [-0.39, 0.29) is 12.5 Å². The van der Waals surface area contributed by atoms with Crippen LogP contribution in [0.3, 0.4) is 0 Å². The minimum Gasteiger partial charge on any atom is -0.482 e. The quantitative estimate of drug-likeness (QED) is 0.763. The van der Waals surface area contributed by atoms with Crippen molar-refractivity contribution in [3.05, 3.63) is 54.1 Å². The van der Waals surface area contributed by atoms with Crippen molar-refractivity contribution in [2.75, 3.05) is 43.2 Å². The molecule has 1 saturated heterocycles. The zero-order valence-corrected chi connectivity index (χ0v) is 16.0. The molecule has 146 valence electrons. The molecule has 0 radical (unpaired) electrons. The number of hydrogen-bond donors (Lipinski definition) is 0. The summed E-state index contributed by atoms with van der Waals surface area (Å²) in [6.07, 6.45) is 2.04. The predicted molar refractivity (Wildman–Crippen MR) is 107 cm³/mol. The molecule has 0 bridgehead atoms. The van der Waals surface area contributed by atoms with Crippen LogP contribution in [0.25, 0.3) is 0 Å². The van der Waals surface area contributed by atoms with E-state index in [4.69, 9.17) is 9.47 Å². The van der Waals surface area contributed by atoms with Crippen molar-refractivity contribution in [2.45, 2.75) is 12.8 Å². The van der Waals surface area contributed by atoms with E-state index in [0.29, 0.717) is 29.5 Å². The Balaban J connectivity index is 1.47. The van der Waals surface area contributed by atoms with Gasteiger partial charge in [-0.25, -0.2) is 4.79 Å². The van der Waals surface area contributed by atoms with Crippen molar-refractivity contribution in [1.29, 1.82) is 0 Å². The minimum absolute atomic E-state index is 0.0352. The third kappa shape index (κ3) is 3.67. The highest BCUT2D eigenvalue weighted by Crippen LogP contribution is 2.35. The van der Waals surface area contributed by atoms with E-state index in [1.807, 2.05) is 6.07 Å². The summed E-state index contributed by atoms with van der Waals surface area (Å²) in [5.74, 6) is 0.558. The van der Waals surface area contributed by atoms with Crippen molar-refractivity contribution in [3.63, 3.8) is 0 Å². The molecular formula is C22H24N2O4. The predicted octanol–water partition coefficient (Wildman–Crippen LogP) is 3.12. The Morgan fingerprint density at radius 1 is 1.14 bits per heavy atom. The highest BCUT2D eigenvalue weighted by Gasteiger charge is 2.30. The molecule has 0 N–H and O–H groups in total. The second-order valence-corrected chi connectivity index (χ2v) is 7.23. The number of rotatable bonds is 4. The van der Waals surface area contributed by atoms with Crippen LogP contribution in [0.5, 0.6) is 5.75 Å². The summed E-state index contributed by atoms with van der Waals surface area (Å²) in [4.78, 5) is 28.6. The smallest absolute Gasteiger partial charge is 0.337 e.